The van der Waals surface area contributed by atoms with Gasteiger partial charge in [0.2, 0.25) is 5.91 Å². The molecule has 9 nitrogen and oxygen atoms in total. The van der Waals surface area contributed by atoms with Crippen molar-refractivity contribution in [2.24, 2.45) is 0 Å². The Kier molecular flexibility index (Phi) is 9.46. The van der Waals surface area contributed by atoms with Gasteiger partial charge in [-0.05, 0) is 48.7 Å². The van der Waals surface area contributed by atoms with Gasteiger partial charge in [-0.2, -0.15) is 0 Å². The van der Waals surface area contributed by atoms with Crippen LogP contribution in [-0.4, -0.2) is 49.3 Å². The van der Waals surface area contributed by atoms with E-state index < -0.39 is 22.5 Å². The maximum absolute atomic E-state index is 14.0. The Hall–Kier alpha value is -3.92. The Labute approximate surface area is 224 Å². The smallest absolute Gasteiger partial charge is 0.265 e. The van der Waals surface area contributed by atoms with Crippen LogP contribution >= 0.6 is 0 Å². The summed E-state index contributed by atoms with van der Waals surface area (Å²) in [6, 6.07) is 16.6. The first-order valence-corrected chi connectivity index (χ1v) is 13.5. The molecular formula is C28H34N2O7S. The third-order valence-corrected chi connectivity index (χ3v) is 7.91. The quantitative estimate of drug-likeness (QED) is 0.363. The zero-order valence-corrected chi connectivity index (χ0v) is 23.3. The lowest BCUT2D eigenvalue weighted by molar-refractivity contribution is -0.120. The van der Waals surface area contributed by atoms with Gasteiger partial charge in [0.15, 0.2) is 11.5 Å². The van der Waals surface area contributed by atoms with E-state index in [9.17, 15) is 13.2 Å². The van der Waals surface area contributed by atoms with E-state index in [-0.39, 0.29) is 28.1 Å². The van der Waals surface area contributed by atoms with Crippen LogP contribution in [0.4, 0.5) is 5.69 Å². The van der Waals surface area contributed by atoms with Gasteiger partial charge < -0.3 is 24.3 Å². The number of hydrogen-bond acceptors (Lipinski definition) is 7. The van der Waals surface area contributed by atoms with Crippen LogP contribution in [0.25, 0.3) is 0 Å². The van der Waals surface area contributed by atoms with Crippen molar-refractivity contribution in [3.8, 4) is 23.0 Å². The zero-order valence-electron chi connectivity index (χ0n) is 22.5. The van der Waals surface area contributed by atoms with Crippen molar-refractivity contribution < 1.29 is 32.2 Å². The van der Waals surface area contributed by atoms with Crippen molar-refractivity contribution in [3.63, 3.8) is 0 Å². The van der Waals surface area contributed by atoms with E-state index >= 15 is 0 Å². The average molecular weight is 543 g/mol. The summed E-state index contributed by atoms with van der Waals surface area (Å²) in [5, 5.41) is 2.90. The molecule has 0 saturated heterocycles. The van der Waals surface area contributed by atoms with Crippen LogP contribution < -0.4 is 28.6 Å². The molecule has 0 heterocycles. The number of nitrogens with one attached hydrogen (secondary N) is 1. The first-order chi connectivity index (χ1) is 18.2. The highest BCUT2D eigenvalue weighted by atomic mass is 32.2. The minimum Gasteiger partial charge on any atom is -0.497 e. The second-order valence-electron chi connectivity index (χ2n) is 8.45. The van der Waals surface area contributed by atoms with Gasteiger partial charge in [0.25, 0.3) is 10.0 Å². The molecule has 0 aliphatic rings. The van der Waals surface area contributed by atoms with Crippen LogP contribution in [0, 0.1) is 0 Å². The Morgan fingerprint density at radius 1 is 0.842 bits per heavy atom. The van der Waals surface area contributed by atoms with Crippen LogP contribution in [0.5, 0.6) is 23.0 Å². The normalized spacial score (nSPS) is 11.8. The summed E-state index contributed by atoms with van der Waals surface area (Å²) < 4.78 is 50.3. The maximum Gasteiger partial charge on any atom is 0.265 e. The van der Waals surface area contributed by atoms with E-state index in [2.05, 4.69) is 12.2 Å². The van der Waals surface area contributed by atoms with E-state index in [1.807, 2.05) is 31.2 Å². The zero-order chi connectivity index (χ0) is 27.9. The number of rotatable bonds is 12. The molecular weight excluding hydrogens is 508 g/mol. The summed E-state index contributed by atoms with van der Waals surface area (Å²) in [5.41, 5.74) is 2.24. The third-order valence-electron chi connectivity index (χ3n) is 6.15. The molecule has 1 atom stereocenters. The van der Waals surface area contributed by atoms with Crippen molar-refractivity contribution in [1.82, 2.24) is 5.32 Å². The van der Waals surface area contributed by atoms with E-state index in [1.165, 1.54) is 58.3 Å². The molecule has 1 amide bonds. The molecule has 204 valence electrons. The maximum atomic E-state index is 14.0. The van der Waals surface area contributed by atoms with Crippen LogP contribution in [0.3, 0.4) is 0 Å². The summed E-state index contributed by atoms with van der Waals surface area (Å²) >= 11 is 0. The Balaban J connectivity index is 2.02. The SMILES string of the molecule is CCc1ccc(C(C)NC(=O)CN(c2cc(OC)ccc2OC)S(=O)(=O)c2ccc(OC)c(OC)c2)cc1. The van der Waals surface area contributed by atoms with Crippen LogP contribution in [0.1, 0.15) is 31.0 Å². The predicted molar refractivity (Wildman–Crippen MR) is 146 cm³/mol. The summed E-state index contributed by atoms with van der Waals surface area (Å²) in [4.78, 5) is 13.2. The van der Waals surface area contributed by atoms with Gasteiger partial charge in [-0.15, -0.1) is 0 Å². The highest BCUT2D eigenvalue weighted by Crippen LogP contribution is 2.37. The second-order valence-corrected chi connectivity index (χ2v) is 10.3. The van der Waals surface area contributed by atoms with Gasteiger partial charge in [0, 0.05) is 12.1 Å². The molecule has 3 aromatic rings. The fourth-order valence-electron chi connectivity index (χ4n) is 3.94. The number of anilines is 1. The highest BCUT2D eigenvalue weighted by molar-refractivity contribution is 7.92. The summed E-state index contributed by atoms with van der Waals surface area (Å²) in [6.07, 6.45) is 0.909. The molecule has 0 bridgehead atoms. The van der Waals surface area contributed by atoms with Gasteiger partial charge in [-0.25, -0.2) is 8.42 Å². The number of amides is 1. The lowest BCUT2D eigenvalue weighted by atomic mass is 10.1. The molecule has 3 rings (SSSR count). The van der Waals surface area contributed by atoms with E-state index in [0.717, 1.165) is 16.3 Å². The molecule has 0 spiro atoms. The Morgan fingerprint density at radius 2 is 1.47 bits per heavy atom. The number of ether oxygens (including phenoxy) is 4. The minimum atomic E-state index is -4.27. The Bertz CT molecular complexity index is 1360. The summed E-state index contributed by atoms with van der Waals surface area (Å²) in [5.74, 6) is 0.771. The first kappa shape index (κ1) is 28.6. The molecule has 1 unspecified atom stereocenters. The predicted octanol–water partition coefficient (Wildman–Crippen LogP) is 4.36. The fraction of sp³-hybridized carbons (Fsp3) is 0.321. The number of nitrogens with zero attached hydrogens (tertiary/aromatic N) is 1. The standard InChI is InChI=1S/C28H34N2O7S/c1-7-20-8-10-21(11-9-20)19(2)29-28(31)18-30(24-16-22(34-3)12-14-25(24)35-4)38(32,33)23-13-15-26(36-5)27(17-23)37-6/h8-17,19H,7,18H2,1-6H3,(H,29,31). The highest BCUT2D eigenvalue weighted by Gasteiger charge is 2.31. The second kappa shape index (κ2) is 12.6. The molecule has 0 radical (unpaired) electrons. The van der Waals surface area contributed by atoms with Crippen molar-refractivity contribution in [1.29, 1.82) is 0 Å². The summed E-state index contributed by atoms with van der Waals surface area (Å²) in [6.45, 7) is 3.41. The molecule has 0 aromatic heterocycles. The Morgan fingerprint density at radius 3 is 2.05 bits per heavy atom. The topological polar surface area (TPSA) is 103 Å². The number of carbonyl (C=O) groups excluding carboxylic acids is 1. The number of hydrogen-bond donors (Lipinski definition) is 1. The fourth-order valence-corrected chi connectivity index (χ4v) is 5.38. The van der Waals surface area contributed by atoms with Gasteiger partial charge in [0.05, 0.1) is 45.1 Å². The van der Waals surface area contributed by atoms with E-state index in [0.29, 0.717) is 11.5 Å². The monoisotopic (exact) mass is 542 g/mol. The minimum absolute atomic E-state index is 0.0870. The lowest BCUT2D eigenvalue weighted by Crippen LogP contribution is -2.41. The van der Waals surface area contributed by atoms with Gasteiger partial charge in [-0.1, -0.05) is 31.2 Å². The van der Waals surface area contributed by atoms with Crippen molar-refractivity contribution in [2.45, 2.75) is 31.2 Å². The average Bonchev–Trinajstić information content (AvgIpc) is 2.94. The number of carbonyl (C=O) groups is 1. The lowest BCUT2D eigenvalue weighted by Gasteiger charge is -2.27. The van der Waals surface area contributed by atoms with Gasteiger partial charge in [-0.3, -0.25) is 9.10 Å². The van der Waals surface area contributed by atoms with Crippen LogP contribution in [-0.2, 0) is 21.2 Å². The number of sulfonamides is 1. The van der Waals surface area contributed by atoms with Gasteiger partial charge in [0.1, 0.15) is 18.0 Å². The molecule has 3 aromatic carbocycles. The van der Waals surface area contributed by atoms with Crippen LogP contribution in [0.2, 0.25) is 0 Å². The van der Waals surface area contributed by atoms with Crippen LogP contribution in [0.15, 0.2) is 65.6 Å². The number of benzene rings is 3. The molecule has 0 aliphatic carbocycles. The van der Waals surface area contributed by atoms with Crippen molar-refractivity contribution >= 4 is 21.6 Å². The van der Waals surface area contributed by atoms with E-state index in [1.54, 1.807) is 12.1 Å². The third kappa shape index (κ3) is 6.31. The van der Waals surface area contributed by atoms with Crippen molar-refractivity contribution in [3.05, 3.63) is 71.8 Å². The summed E-state index contributed by atoms with van der Waals surface area (Å²) in [7, 11) is 1.50. The largest absolute Gasteiger partial charge is 0.497 e. The molecule has 0 aliphatic heterocycles. The molecule has 1 N–H and O–H groups in total. The molecule has 0 saturated carbocycles. The van der Waals surface area contributed by atoms with Gasteiger partial charge >= 0.3 is 0 Å². The molecule has 38 heavy (non-hydrogen) atoms. The van der Waals surface area contributed by atoms with E-state index in [4.69, 9.17) is 18.9 Å². The molecule has 10 heteroatoms. The molecule has 0 fully saturated rings. The number of aryl methyl sites for hydroxylation is 1. The first-order valence-electron chi connectivity index (χ1n) is 12.0. The van der Waals surface area contributed by atoms with Crippen molar-refractivity contribution in [2.75, 3.05) is 39.3 Å². The number of methoxy groups -OCH3 is 4.